The molecule has 3 N–H and O–H groups in total. The minimum atomic E-state index is -1.11. The van der Waals surface area contributed by atoms with Gasteiger partial charge >= 0.3 is 6.09 Å². The van der Waals surface area contributed by atoms with Crippen molar-refractivity contribution in [2.75, 3.05) is 13.1 Å². The maximum atomic E-state index is 12.7. The van der Waals surface area contributed by atoms with E-state index in [0.717, 1.165) is 5.56 Å². The summed E-state index contributed by atoms with van der Waals surface area (Å²) in [6, 6.07) is 9.77. The largest absolute Gasteiger partial charge is 0.482 e. The average molecular weight is 472 g/mol. The summed E-state index contributed by atoms with van der Waals surface area (Å²) in [5.41, 5.74) is 6.29. The molecular formula is C25H33N3O6. The van der Waals surface area contributed by atoms with Gasteiger partial charge in [-0.1, -0.05) is 51.1 Å². The summed E-state index contributed by atoms with van der Waals surface area (Å²) in [6.45, 7) is 6.76. The highest BCUT2D eigenvalue weighted by atomic mass is 16.5. The average Bonchev–Trinajstić information content (AvgIpc) is 2.81. The number of likely N-dealkylation sites (tertiary alicyclic amines) is 1. The van der Waals surface area contributed by atoms with E-state index in [0.29, 0.717) is 25.9 Å². The van der Waals surface area contributed by atoms with Crippen molar-refractivity contribution in [3.8, 4) is 5.75 Å². The number of rotatable bonds is 7. The second-order valence-electron chi connectivity index (χ2n) is 9.66. The van der Waals surface area contributed by atoms with E-state index in [1.54, 1.807) is 4.90 Å². The molecule has 1 saturated heterocycles. The van der Waals surface area contributed by atoms with Gasteiger partial charge in [0.05, 0.1) is 12.6 Å². The van der Waals surface area contributed by atoms with Gasteiger partial charge in [-0.3, -0.25) is 14.5 Å². The topological polar surface area (TPSA) is 126 Å². The highest BCUT2D eigenvalue weighted by Gasteiger charge is 2.35. The van der Waals surface area contributed by atoms with Crippen molar-refractivity contribution in [2.24, 2.45) is 11.1 Å². The van der Waals surface area contributed by atoms with Gasteiger partial charge in [-0.05, 0) is 23.8 Å². The zero-order valence-electron chi connectivity index (χ0n) is 19.9. The third-order valence-corrected chi connectivity index (χ3v) is 6.08. The molecule has 1 aliphatic heterocycles. The number of piperidine rings is 1. The van der Waals surface area contributed by atoms with Crippen molar-refractivity contribution in [1.29, 1.82) is 0 Å². The maximum Gasteiger partial charge on any atom is 0.407 e. The number of nitrogens with zero attached hydrogens (tertiary/aromatic N) is 2. The number of nitrogens with two attached hydrogens (primary N) is 1. The van der Waals surface area contributed by atoms with Crippen molar-refractivity contribution >= 4 is 12.0 Å². The molecule has 0 saturated carbocycles. The lowest BCUT2D eigenvalue weighted by molar-refractivity contribution is -0.136. The predicted molar refractivity (Wildman–Crippen MR) is 126 cm³/mol. The summed E-state index contributed by atoms with van der Waals surface area (Å²) in [5, 5.41) is 9.77. The molecule has 0 unspecified atom stereocenters. The minimum absolute atomic E-state index is 0.0658. The number of amides is 2. The molecule has 0 radical (unpaired) electrons. The second kappa shape index (κ2) is 10.7. The Bertz CT molecular complexity index is 1040. The second-order valence-corrected chi connectivity index (χ2v) is 9.66. The van der Waals surface area contributed by atoms with Crippen LogP contribution in [0, 0.1) is 5.41 Å². The van der Waals surface area contributed by atoms with Crippen LogP contribution < -0.4 is 15.9 Å². The first kappa shape index (κ1) is 25.3. The van der Waals surface area contributed by atoms with Gasteiger partial charge in [0.15, 0.2) is 0 Å². The van der Waals surface area contributed by atoms with Crippen LogP contribution in [0.15, 0.2) is 51.9 Å². The molecule has 2 aromatic rings. The molecule has 2 amide bonds. The van der Waals surface area contributed by atoms with Crippen LogP contribution in [0.5, 0.6) is 5.75 Å². The van der Waals surface area contributed by atoms with E-state index in [1.807, 2.05) is 51.1 Å². The summed E-state index contributed by atoms with van der Waals surface area (Å²) < 4.78 is 11.1. The van der Waals surface area contributed by atoms with Crippen molar-refractivity contribution in [2.45, 2.75) is 58.8 Å². The molecule has 34 heavy (non-hydrogen) atoms. The molecule has 1 aromatic carbocycles. The highest BCUT2D eigenvalue weighted by molar-refractivity contribution is 5.82. The van der Waals surface area contributed by atoms with E-state index >= 15 is 0 Å². The number of carboxylic acid groups (broad SMARTS) is 1. The Morgan fingerprint density at radius 1 is 1.24 bits per heavy atom. The Hall–Kier alpha value is -3.33. The van der Waals surface area contributed by atoms with Crippen LogP contribution in [0.1, 0.15) is 44.9 Å². The monoisotopic (exact) mass is 471 g/mol. The molecule has 0 bridgehead atoms. The van der Waals surface area contributed by atoms with Gasteiger partial charge in [-0.2, -0.15) is 0 Å². The van der Waals surface area contributed by atoms with E-state index in [9.17, 15) is 19.5 Å². The quantitative estimate of drug-likeness (QED) is 0.635. The van der Waals surface area contributed by atoms with E-state index < -0.39 is 12.1 Å². The Morgan fingerprint density at radius 2 is 1.88 bits per heavy atom. The molecule has 1 atom stereocenters. The van der Waals surface area contributed by atoms with E-state index in [-0.39, 0.29) is 47.5 Å². The molecule has 0 aliphatic carbocycles. The molecule has 9 nitrogen and oxygen atoms in total. The Morgan fingerprint density at radius 3 is 2.44 bits per heavy atom. The predicted octanol–water partition coefficient (Wildman–Crippen LogP) is 3.06. The molecule has 0 spiro atoms. The Balaban J connectivity index is 1.60. The fourth-order valence-corrected chi connectivity index (χ4v) is 3.85. The molecular weight excluding hydrogens is 438 g/mol. The lowest BCUT2D eigenvalue weighted by Crippen LogP contribution is -2.54. The summed E-state index contributed by atoms with van der Waals surface area (Å²) in [4.78, 5) is 40.0. The van der Waals surface area contributed by atoms with Crippen LogP contribution in [-0.4, -0.2) is 52.1 Å². The number of hydrogen-bond donors (Lipinski definition) is 2. The number of benzene rings is 1. The smallest absolute Gasteiger partial charge is 0.407 e. The van der Waals surface area contributed by atoms with Gasteiger partial charge in [0.25, 0.3) is 0 Å². The summed E-state index contributed by atoms with van der Waals surface area (Å²) in [5.74, 6) is 0.175. The molecule has 9 heteroatoms. The first-order valence-corrected chi connectivity index (χ1v) is 11.4. The van der Waals surface area contributed by atoms with Crippen LogP contribution in [0.25, 0.3) is 0 Å². The zero-order valence-corrected chi connectivity index (χ0v) is 19.9. The van der Waals surface area contributed by atoms with Crippen molar-refractivity contribution in [3.63, 3.8) is 0 Å². The fourth-order valence-electron chi connectivity index (χ4n) is 3.85. The molecule has 1 fully saturated rings. The molecule has 2 heterocycles. The van der Waals surface area contributed by atoms with Gasteiger partial charge in [-0.25, -0.2) is 4.79 Å². The van der Waals surface area contributed by atoms with Crippen LogP contribution in [0.4, 0.5) is 4.79 Å². The molecule has 1 aromatic heterocycles. The SMILES string of the molecule is CC(C)(C)[C@H](N)C(=O)N1CCC(N(Cc2cc(=O)c(OCc3ccccc3)co2)C(=O)O)CC1. The van der Waals surface area contributed by atoms with Gasteiger partial charge in [-0.15, -0.1) is 0 Å². The van der Waals surface area contributed by atoms with Crippen molar-refractivity contribution < 1.29 is 23.8 Å². The highest BCUT2D eigenvalue weighted by Crippen LogP contribution is 2.24. The summed E-state index contributed by atoms with van der Waals surface area (Å²) in [6.07, 6.45) is 1.08. The lowest BCUT2D eigenvalue weighted by atomic mass is 9.86. The van der Waals surface area contributed by atoms with Crippen molar-refractivity contribution in [3.05, 3.63) is 64.2 Å². The maximum absolute atomic E-state index is 12.7. The number of carbonyl (C=O) groups excluding carboxylic acids is 1. The summed E-state index contributed by atoms with van der Waals surface area (Å²) in [7, 11) is 0. The van der Waals surface area contributed by atoms with E-state index in [2.05, 4.69) is 0 Å². The van der Waals surface area contributed by atoms with Gasteiger partial charge < -0.3 is 24.9 Å². The fraction of sp³-hybridized carbons (Fsp3) is 0.480. The van der Waals surface area contributed by atoms with E-state index in [4.69, 9.17) is 14.9 Å². The molecule has 184 valence electrons. The van der Waals surface area contributed by atoms with Gasteiger partial charge in [0.1, 0.15) is 18.6 Å². The first-order chi connectivity index (χ1) is 16.1. The number of carbonyl (C=O) groups is 2. The zero-order chi connectivity index (χ0) is 24.9. The van der Waals surface area contributed by atoms with Crippen LogP contribution >= 0.6 is 0 Å². The van der Waals surface area contributed by atoms with Crippen LogP contribution in [0.2, 0.25) is 0 Å². The van der Waals surface area contributed by atoms with Crippen molar-refractivity contribution in [1.82, 2.24) is 9.80 Å². The van der Waals surface area contributed by atoms with Crippen LogP contribution in [-0.2, 0) is 17.9 Å². The Kier molecular flexibility index (Phi) is 7.98. The van der Waals surface area contributed by atoms with Crippen LogP contribution in [0.3, 0.4) is 0 Å². The lowest BCUT2D eigenvalue weighted by Gasteiger charge is -2.39. The van der Waals surface area contributed by atoms with Gasteiger partial charge in [0, 0.05) is 25.2 Å². The Labute approximate surface area is 199 Å². The number of hydrogen-bond acceptors (Lipinski definition) is 6. The van der Waals surface area contributed by atoms with Gasteiger partial charge in [0.2, 0.25) is 17.1 Å². The van der Waals surface area contributed by atoms with E-state index in [1.165, 1.54) is 17.2 Å². The minimum Gasteiger partial charge on any atom is -0.482 e. The summed E-state index contributed by atoms with van der Waals surface area (Å²) >= 11 is 0. The third kappa shape index (κ3) is 6.38. The normalized spacial score (nSPS) is 15.6. The number of ether oxygens (including phenoxy) is 1. The standard InChI is InChI=1S/C25H33N3O6/c1-25(2,3)22(26)23(30)27-11-9-18(10-12-27)28(24(31)32)14-19-13-20(29)21(16-33-19)34-15-17-7-5-4-6-8-17/h4-8,13,16,18,22H,9-12,14-15,26H2,1-3H3,(H,31,32)/t22-/m1/s1. The molecule has 1 aliphatic rings. The molecule has 3 rings (SSSR count). The first-order valence-electron chi connectivity index (χ1n) is 11.4. The third-order valence-electron chi connectivity index (χ3n) is 6.08.